The number of halogens is 1. The zero-order valence-electron chi connectivity index (χ0n) is 26.6. The van der Waals surface area contributed by atoms with Gasteiger partial charge in [0.15, 0.2) is 5.76 Å². The summed E-state index contributed by atoms with van der Waals surface area (Å²) >= 11 is 3.72. The van der Waals surface area contributed by atoms with E-state index in [1.54, 1.807) is 18.0 Å². The lowest BCUT2D eigenvalue weighted by Gasteiger charge is -2.29. The number of hydrogen-bond donors (Lipinski definition) is 6. The summed E-state index contributed by atoms with van der Waals surface area (Å²) in [6.07, 6.45) is 0.224. The highest BCUT2D eigenvalue weighted by atomic mass is 79.9. The van der Waals surface area contributed by atoms with Crippen LogP contribution in [-0.4, -0.2) is 65.9 Å². The largest absolute Gasteiger partial charge is 0.455 e. The highest BCUT2D eigenvalue weighted by Crippen LogP contribution is 2.41. The van der Waals surface area contributed by atoms with E-state index in [-0.39, 0.29) is 44.0 Å². The number of nitrogens with one attached hydrogen (secondary N) is 4. The van der Waals surface area contributed by atoms with Crippen molar-refractivity contribution in [2.24, 2.45) is 0 Å². The minimum absolute atomic E-state index is 0.0805. The minimum atomic E-state index is -0.928. The molecule has 248 valence electrons. The van der Waals surface area contributed by atoms with Gasteiger partial charge in [-0.2, -0.15) is 0 Å². The number of furan rings is 1. The van der Waals surface area contributed by atoms with Gasteiger partial charge in [0, 0.05) is 42.2 Å². The molecule has 3 aromatic carbocycles. The number of urea groups is 1. The molecule has 0 spiro atoms. The van der Waals surface area contributed by atoms with Crippen LogP contribution in [0.3, 0.4) is 0 Å². The molecule has 4 amide bonds. The maximum Gasteiger partial charge on any atom is 0.318 e. The van der Waals surface area contributed by atoms with Gasteiger partial charge in [-0.25, -0.2) is 4.79 Å². The van der Waals surface area contributed by atoms with Crippen LogP contribution in [0.1, 0.15) is 37.8 Å². The molecule has 1 aromatic heterocycles. The molecule has 47 heavy (non-hydrogen) atoms. The quantitative estimate of drug-likeness (QED) is 0.132. The van der Waals surface area contributed by atoms with Gasteiger partial charge in [0.05, 0.1) is 29.4 Å². The predicted octanol–water partition coefficient (Wildman–Crippen LogP) is 4.69. The number of benzene rings is 3. The number of β-amino-alcohol motifs (C(OH)–C–C–N with tert-alkyl or cyclic N) is 1. The summed E-state index contributed by atoms with van der Waals surface area (Å²) in [5.41, 5.74) is 3.96. The molecule has 2 atom stereocenters. The summed E-state index contributed by atoms with van der Waals surface area (Å²) < 4.78 is 6.96. The van der Waals surface area contributed by atoms with Crippen LogP contribution in [0.15, 0.2) is 75.6 Å². The molecule has 0 unspecified atom stereocenters. The number of aliphatic hydroxyl groups excluding tert-OH is 2. The van der Waals surface area contributed by atoms with Gasteiger partial charge in [-0.05, 0) is 84.1 Å². The predicted molar refractivity (Wildman–Crippen MR) is 185 cm³/mol. The molecule has 0 saturated carbocycles. The number of anilines is 2. The lowest BCUT2D eigenvalue weighted by Crippen LogP contribution is -2.51. The first-order chi connectivity index (χ1) is 22.5. The summed E-state index contributed by atoms with van der Waals surface area (Å²) in [5, 5.41) is 31.1. The van der Waals surface area contributed by atoms with Gasteiger partial charge in [0.1, 0.15) is 11.6 Å². The van der Waals surface area contributed by atoms with E-state index < -0.39 is 17.7 Å². The summed E-state index contributed by atoms with van der Waals surface area (Å²) in [6.45, 7) is 3.70. The van der Waals surface area contributed by atoms with E-state index in [9.17, 15) is 19.5 Å². The average molecular weight is 707 g/mol. The van der Waals surface area contributed by atoms with Gasteiger partial charge in [-0.3, -0.25) is 9.59 Å². The highest BCUT2D eigenvalue weighted by molar-refractivity contribution is 9.10. The molecule has 1 aliphatic rings. The fraction of sp³-hybridized carbons (Fsp3) is 0.343. The first-order valence-electron chi connectivity index (χ1n) is 15.5. The maximum absolute atomic E-state index is 14.1. The molecular formula is C35H40BrN5O6. The Balaban J connectivity index is 1.39. The van der Waals surface area contributed by atoms with Crippen molar-refractivity contribution < 1.29 is 29.0 Å². The zero-order valence-corrected chi connectivity index (χ0v) is 28.2. The lowest BCUT2D eigenvalue weighted by atomic mass is 9.99. The summed E-state index contributed by atoms with van der Waals surface area (Å²) in [7, 11) is 1.55. The number of para-hydroxylation sites is 2. The SMILES string of the molecule is CNC(=O)Nc1ccccc1-c1oc2ccc(CN3C(=O)[C@H](NC(=O)CC(C)(C)NC[C@H](O)CO)CCc4ccccc43)cc2c1Br. The third-order valence-electron chi connectivity index (χ3n) is 8.19. The molecule has 0 bridgehead atoms. The first kappa shape index (κ1) is 34.1. The smallest absolute Gasteiger partial charge is 0.318 e. The van der Waals surface area contributed by atoms with Crippen molar-refractivity contribution in [1.82, 2.24) is 16.0 Å². The van der Waals surface area contributed by atoms with Gasteiger partial charge in [0.25, 0.3) is 0 Å². The number of hydrogen-bond acceptors (Lipinski definition) is 7. The van der Waals surface area contributed by atoms with E-state index in [1.807, 2.05) is 74.5 Å². The Morgan fingerprint density at radius 3 is 2.62 bits per heavy atom. The zero-order chi connectivity index (χ0) is 33.7. The van der Waals surface area contributed by atoms with E-state index in [1.165, 1.54) is 0 Å². The minimum Gasteiger partial charge on any atom is -0.455 e. The molecule has 0 fully saturated rings. The monoisotopic (exact) mass is 705 g/mol. The van der Waals surface area contributed by atoms with Crippen LogP contribution in [0.2, 0.25) is 0 Å². The Labute approximate surface area is 281 Å². The Hall–Kier alpha value is -4.23. The van der Waals surface area contributed by atoms with E-state index in [0.29, 0.717) is 35.4 Å². The topological polar surface area (TPSA) is 156 Å². The van der Waals surface area contributed by atoms with Gasteiger partial charge in [-0.15, -0.1) is 0 Å². The Bertz CT molecular complexity index is 1770. The average Bonchev–Trinajstić information content (AvgIpc) is 3.32. The molecule has 0 saturated heterocycles. The number of carbonyl (C=O) groups is 3. The van der Waals surface area contributed by atoms with Crippen molar-refractivity contribution in [2.75, 3.05) is 30.4 Å². The van der Waals surface area contributed by atoms with Crippen LogP contribution in [0.4, 0.5) is 16.2 Å². The highest BCUT2D eigenvalue weighted by Gasteiger charge is 2.33. The molecule has 12 heteroatoms. The number of rotatable bonds is 11. The Morgan fingerprint density at radius 1 is 1.11 bits per heavy atom. The summed E-state index contributed by atoms with van der Waals surface area (Å²) in [6, 6.07) is 19.8. The van der Waals surface area contributed by atoms with Crippen LogP contribution in [0.25, 0.3) is 22.3 Å². The van der Waals surface area contributed by atoms with Crippen molar-refractivity contribution >= 4 is 56.1 Å². The number of carbonyl (C=O) groups excluding carboxylic acids is 3. The van der Waals surface area contributed by atoms with E-state index >= 15 is 0 Å². The molecule has 1 aliphatic heterocycles. The Kier molecular flexibility index (Phi) is 10.7. The van der Waals surface area contributed by atoms with Gasteiger partial charge >= 0.3 is 6.03 Å². The van der Waals surface area contributed by atoms with Gasteiger partial charge < -0.3 is 40.8 Å². The third-order valence-corrected chi connectivity index (χ3v) is 8.98. The second-order valence-electron chi connectivity index (χ2n) is 12.3. The first-order valence-corrected chi connectivity index (χ1v) is 16.3. The molecule has 2 heterocycles. The van der Waals surface area contributed by atoms with Crippen LogP contribution in [0.5, 0.6) is 0 Å². The molecule has 0 radical (unpaired) electrons. The van der Waals surface area contributed by atoms with Crippen molar-refractivity contribution in [1.29, 1.82) is 0 Å². The summed E-state index contributed by atoms with van der Waals surface area (Å²) in [5.74, 6) is 0.0742. The van der Waals surface area contributed by atoms with Crippen LogP contribution in [0, 0.1) is 0 Å². The lowest BCUT2D eigenvalue weighted by molar-refractivity contribution is -0.128. The second-order valence-corrected chi connectivity index (χ2v) is 13.1. The van der Waals surface area contributed by atoms with Gasteiger partial charge in [0.2, 0.25) is 11.8 Å². The number of nitrogens with zero attached hydrogens (tertiary/aromatic N) is 1. The fourth-order valence-corrected chi connectivity index (χ4v) is 6.33. The van der Waals surface area contributed by atoms with E-state index in [2.05, 4.69) is 37.2 Å². The van der Waals surface area contributed by atoms with Crippen molar-refractivity contribution in [3.63, 3.8) is 0 Å². The van der Waals surface area contributed by atoms with E-state index in [0.717, 1.165) is 26.7 Å². The van der Waals surface area contributed by atoms with Gasteiger partial charge in [-0.1, -0.05) is 36.4 Å². The van der Waals surface area contributed by atoms with Crippen molar-refractivity contribution in [3.05, 3.63) is 82.3 Å². The molecule has 5 rings (SSSR count). The fourth-order valence-electron chi connectivity index (χ4n) is 5.72. The van der Waals surface area contributed by atoms with Crippen LogP contribution >= 0.6 is 15.9 Å². The van der Waals surface area contributed by atoms with Crippen molar-refractivity contribution in [2.45, 2.75) is 57.3 Å². The van der Waals surface area contributed by atoms with Crippen LogP contribution < -0.4 is 26.2 Å². The Morgan fingerprint density at radius 2 is 1.85 bits per heavy atom. The van der Waals surface area contributed by atoms with Crippen molar-refractivity contribution in [3.8, 4) is 11.3 Å². The third kappa shape index (κ3) is 8.02. The molecule has 6 N–H and O–H groups in total. The standard InChI is InChI=1S/C35H40BrN5O6/c1-35(2,38-18-23(43)20-42)17-30(44)39-27-14-13-22-8-4-7-11-28(22)41(33(27)45)19-21-12-15-29-25(16-21)31(36)32(47-29)24-9-5-6-10-26(24)40-34(46)37-3/h4-12,15-16,23,27,38,42-43H,13-14,17-20H2,1-3H3,(H,39,44)(H2,37,40,46)/t23-,27+/m0/s1. The molecular weight excluding hydrogens is 666 g/mol. The van der Waals surface area contributed by atoms with E-state index in [4.69, 9.17) is 9.52 Å². The number of aliphatic hydroxyl groups is 2. The normalized spacial score (nSPS) is 15.6. The molecule has 11 nitrogen and oxygen atoms in total. The van der Waals surface area contributed by atoms with Crippen LogP contribution in [-0.2, 0) is 22.6 Å². The number of fused-ring (bicyclic) bond motifs is 2. The number of amides is 4. The second kappa shape index (κ2) is 14.7. The molecule has 0 aliphatic carbocycles. The number of aryl methyl sites for hydroxylation is 1. The maximum atomic E-state index is 14.1. The summed E-state index contributed by atoms with van der Waals surface area (Å²) in [4.78, 5) is 41.1. The molecule has 4 aromatic rings.